The molecule has 1 fully saturated rings. The van der Waals surface area contributed by atoms with Crippen LogP contribution in [0, 0.1) is 0 Å². The van der Waals surface area contributed by atoms with Crippen LogP contribution in [0.15, 0.2) is 21.1 Å². The molecule has 20 heavy (non-hydrogen) atoms. The van der Waals surface area contributed by atoms with Crippen LogP contribution >= 0.6 is 31.9 Å². The largest absolute Gasteiger partial charge is 0.479 e. The van der Waals surface area contributed by atoms with Crippen LogP contribution in [0.4, 0.5) is 0 Å². The highest BCUT2D eigenvalue weighted by Gasteiger charge is 2.25. The number of aldehydes is 1. The van der Waals surface area contributed by atoms with Crippen LogP contribution in [-0.2, 0) is 4.79 Å². The lowest BCUT2D eigenvalue weighted by Crippen LogP contribution is -2.38. The van der Waals surface area contributed by atoms with Gasteiger partial charge in [0.25, 0.3) is 5.91 Å². The number of halogens is 2. The van der Waals surface area contributed by atoms with E-state index in [0.717, 1.165) is 32.2 Å². The van der Waals surface area contributed by atoms with E-state index in [1.54, 1.807) is 19.1 Å². The molecule has 108 valence electrons. The van der Waals surface area contributed by atoms with Gasteiger partial charge >= 0.3 is 0 Å². The van der Waals surface area contributed by atoms with Gasteiger partial charge in [-0.3, -0.25) is 9.59 Å². The number of benzene rings is 1. The van der Waals surface area contributed by atoms with Crippen molar-refractivity contribution in [3.8, 4) is 5.75 Å². The number of rotatable bonds is 4. The summed E-state index contributed by atoms with van der Waals surface area (Å²) in [5.41, 5.74) is 0.537. The van der Waals surface area contributed by atoms with Crippen LogP contribution in [0.25, 0.3) is 0 Å². The number of carbonyl (C=O) groups excluding carboxylic acids is 2. The van der Waals surface area contributed by atoms with Gasteiger partial charge in [0.2, 0.25) is 0 Å². The molecule has 2 rings (SSSR count). The minimum atomic E-state index is -0.553. The van der Waals surface area contributed by atoms with Gasteiger partial charge in [-0.2, -0.15) is 0 Å². The molecule has 0 bridgehead atoms. The first-order chi connectivity index (χ1) is 9.52. The van der Waals surface area contributed by atoms with Crippen molar-refractivity contribution in [2.75, 3.05) is 13.1 Å². The molecule has 1 aromatic carbocycles. The van der Waals surface area contributed by atoms with Crippen molar-refractivity contribution in [1.29, 1.82) is 0 Å². The average molecular weight is 405 g/mol. The fraction of sp³-hybridized carbons (Fsp3) is 0.429. The van der Waals surface area contributed by atoms with E-state index in [1.165, 1.54) is 0 Å². The fourth-order valence-electron chi connectivity index (χ4n) is 2.18. The maximum atomic E-state index is 12.2. The Morgan fingerprint density at radius 1 is 1.30 bits per heavy atom. The summed E-state index contributed by atoms with van der Waals surface area (Å²) < 4.78 is 7.05. The first kappa shape index (κ1) is 15.5. The Morgan fingerprint density at radius 3 is 2.35 bits per heavy atom. The first-order valence-electron chi connectivity index (χ1n) is 6.42. The number of likely N-dealkylation sites (tertiary alicyclic amines) is 1. The van der Waals surface area contributed by atoms with E-state index in [0.29, 0.717) is 20.3 Å². The quantitative estimate of drug-likeness (QED) is 0.722. The lowest BCUT2D eigenvalue weighted by atomic mass is 10.2. The van der Waals surface area contributed by atoms with Gasteiger partial charge in [-0.1, -0.05) is 0 Å². The second kappa shape index (κ2) is 6.72. The Balaban J connectivity index is 2.13. The van der Waals surface area contributed by atoms with Crippen LogP contribution in [0.2, 0.25) is 0 Å². The monoisotopic (exact) mass is 403 g/mol. The molecule has 0 N–H and O–H groups in total. The lowest BCUT2D eigenvalue weighted by Gasteiger charge is -2.22. The molecule has 0 saturated carbocycles. The van der Waals surface area contributed by atoms with Gasteiger partial charge in [-0.15, -0.1) is 0 Å². The number of carbonyl (C=O) groups is 2. The third kappa shape index (κ3) is 3.41. The van der Waals surface area contributed by atoms with Crippen molar-refractivity contribution in [2.45, 2.75) is 25.9 Å². The van der Waals surface area contributed by atoms with E-state index in [9.17, 15) is 9.59 Å². The molecule has 1 aromatic rings. The van der Waals surface area contributed by atoms with E-state index in [-0.39, 0.29) is 5.91 Å². The highest BCUT2D eigenvalue weighted by molar-refractivity contribution is 9.11. The van der Waals surface area contributed by atoms with Gasteiger partial charge in [-0.05, 0) is 63.8 Å². The highest BCUT2D eigenvalue weighted by atomic mass is 79.9. The summed E-state index contributed by atoms with van der Waals surface area (Å²) in [4.78, 5) is 24.8. The summed E-state index contributed by atoms with van der Waals surface area (Å²) in [6, 6.07) is 3.33. The Bertz CT molecular complexity index is 504. The predicted octanol–water partition coefficient (Wildman–Crippen LogP) is 3.41. The van der Waals surface area contributed by atoms with Crippen LogP contribution < -0.4 is 4.74 Å². The molecule has 6 heteroatoms. The van der Waals surface area contributed by atoms with Crippen molar-refractivity contribution in [3.05, 3.63) is 26.6 Å². The van der Waals surface area contributed by atoms with Crippen molar-refractivity contribution in [1.82, 2.24) is 4.90 Å². The van der Waals surface area contributed by atoms with Crippen LogP contribution in [0.1, 0.15) is 30.1 Å². The minimum absolute atomic E-state index is 0.000707. The molecule has 1 heterocycles. The zero-order chi connectivity index (χ0) is 14.7. The fourth-order valence-corrected chi connectivity index (χ4v) is 3.59. The van der Waals surface area contributed by atoms with Crippen LogP contribution in [0.3, 0.4) is 0 Å². The average Bonchev–Trinajstić information content (AvgIpc) is 2.95. The SMILES string of the molecule is CC(Oc1c(Br)cc(C=O)cc1Br)C(=O)N1CCCC1. The molecule has 0 aromatic heterocycles. The standard InChI is InChI=1S/C14H15Br2NO3/c1-9(14(19)17-4-2-3-5-17)20-13-11(15)6-10(8-18)7-12(13)16/h6-9H,2-5H2,1H3. The van der Waals surface area contributed by atoms with Crippen molar-refractivity contribution in [2.24, 2.45) is 0 Å². The molecule has 0 spiro atoms. The Labute approximate surface area is 134 Å². The maximum Gasteiger partial charge on any atom is 0.263 e. The van der Waals surface area contributed by atoms with Crippen molar-refractivity contribution >= 4 is 44.1 Å². The Hall–Kier alpha value is -0.880. The van der Waals surface area contributed by atoms with Gasteiger partial charge in [-0.25, -0.2) is 0 Å². The van der Waals surface area contributed by atoms with Crippen LogP contribution in [0.5, 0.6) is 5.75 Å². The van der Waals surface area contributed by atoms with E-state index in [1.807, 2.05) is 4.90 Å². The maximum absolute atomic E-state index is 12.2. The van der Waals surface area contributed by atoms with Gasteiger partial charge in [0.05, 0.1) is 8.95 Å². The number of ether oxygens (including phenoxy) is 1. The first-order valence-corrected chi connectivity index (χ1v) is 8.01. The molecule has 1 aliphatic heterocycles. The van der Waals surface area contributed by atoms with E-state index < -0.39 is 6.10 Å². The summed E-state index contributed by atoms with van der Waals surface area (Å²) in [6.07, 6.45) is 2.32. The number of hydrogen-bond donors (Lipinski definition) is 0. The normalized spacial score (nSPS) is 16.1. The van der Waals surface area contributed by atoms with Gasteiger partial charge in [0.15, 0.2) is 6.10 Å². The molecular weight excluding hydrogens is 390 g/mol. The predicted molar refractivity (Wildman–Crippen MR) is 83.1 cm³/mol. The summed E-state index contributed by atoms with van der Waals surface area (Å²) >= 11 is 6.72. The molecule has 1 saturated heterocycles. The summed E-state index contributed by atoms with van der Waals surface area (Å²) in [6.45, 7) is 3.35. The molecule has 1 unspecified atom stereocenters. The summed E-state index contributed by atoms with van der Waals surface area (Å²) in [5.74, 6) is 0.538. The topological polar surface area (TPSA) is 46.6 Å². The number of amides is 1. The number of hydrogen-bond acceptors (Lipinski definition) is 3. The van der Waals surface area contributed by atoms with Gasteiger partial charge < -0.3 is 9.64 Å². The molecule has 4 nitrogen and oxygen atoms in total. The van der Waals surface area contributed by atoms with E-state index >= 15 is 0 Å². The zero-order valence-corrected chi connectivity index (χ0v) is 14.2. The Morgan fingerprint density at radius 2 is 1.85 bits per heavy atom. The van der Waals surface area contributed by atoms with Gasteiger partial charge in [0, 0.05) is 18.7 Å². The third-order valence-electron chi connectivity index (χ3n) is 3.22. The molecular formula is C14H15Br2NO3. The lowest BCUT2D eigenvalue weighted by molar-refractivity contribution is -0.136. The molecule has 0 radical (unpaired) electrons. The molecule has 1 amide bonds. The second-order valence-corrected chi connectivity index (χ2v) is 6.43. The molecule has 1 aliphatic rings. The van der Waals surface area contributed by atoms with Gasteiger partial charge in [0.1, 0.15) is 12.0 Å². The van der Waals surface area contributed by atoms with Crippen LogP contribution in [-0.4, -0.2) is 36.3 Å². The third-order valence-corrected chi connectivity index (χ3v) is 4.39. The Kier molecular flexibility index (Phi) is 5.21. The summed E-state index contributed by atoms with van der Waals surface area (Å²) in [7, 11) is 0. The molecule has 0 aliphatic carbocycles. The minimum Gasteiger partial charge on any atom is -0.479 e. The second-order valence-electron chi connectivity index (χ2n) is 4.72. The van der Waals surface area contributed by atoms with E-state index in [4.69, 9.17) is 4.74 Å². The van der Waals surface area contributed by atoms with Crippen molar-refractivity contribution < 1.29 is 14.3 Å². The smallest absolute Gasteiger partial charge is 0.263 e. The highest BCUT2D eigenvalue weighted by Crippen LogP contribution is 2.35. The van der Waals surface area contributed by atoms with Crippen molar-refractivity contribution in [3.63, 3.8) is 0 Å². The number of nitrogens with zero attached hydrogens (tertiary/aromatic N) is 1. The summed E-state index contributed by atoms with van der Waals surface area (Å²) in [5, 5.41) is 0. The van der Waals surface area contributed by atoms with E-state index in [2.05, 4.69) is 31.9 Å². The molecule has 1 atom stereocenters. The zero-order valence-electron chi connectivity index (χ0n) is 11.1.